The summed E-state index contributed by atoms with van der Waals surface area (Å²) in [5.41, 5.74) is 0.956. The molecule has 2 saturated heterocycles. The number of urea groups is 1. The average molecular weight is 378 g/mol. The second-order valence-electron chi connectivity index (χ2n) is 7.73. The summed E-state index contributed by atoms with van der Waals surface area (Å²) in [6, 6.07) is -0.292. The van der Waals surface area contributed by atoms with E-state index >= 15 is 0 Å². The smallest absolute Gasteiger partial charge is 0.340 e. The van der Waals surface area contributed by atoms with Crippen molar-refractivity contribution in [1.29, 1.82) is 0 Å². The molecule has 9 nitrogen and oxygen atoms in total. The van der Waals surface area contributed by atoms with Gasteiger partial charge in [-0.05, 0) is 39.5 Å². The highest BCUT2D eigenvalue weighted by Crippen LogP contribution is 2.38. The van der Waals surface area contributed by atoms with Gasteiger partial charge in [-0.25, -0.2) is 14.7 Å². The third-order valence-corrected chi connectivity index (χ3v) is 5.32. The first-order chi connectivity index (χ1) is 12.9. The number of likely N-dealkylation sites (tertiary alicyclic amines) is 1. The molecule has 0 aromatic carbocycles. The molecule has 0 aliphatic carbocycles. The van der Waals surface area contributed by atoms with E-state index in [2.05, 4.69) is 50.6 Å². The number of allylic oxidation sites excluding steroid dienone is 1. The minimum absolute atomic E-state index is 0.0151. The molecule has 4 N–H and O–H groups in total. The van der Waals surface area contributed by atoms with Gasteiger partial charge < -0.3 is 15.4 Å². The molecular formula is C18H30N6O3. The highest BCUT2D eigenvalue weighted by atomic mass is 16.5. The van der Waals surface area contributed by atoms with Gasteiger partial charge in [-0.2, -0.15) is 5.10 Å². The van der Waals surface area contributed by atoms with E-state index in [0.717, 1.165) is 45.3 Å². The number of H-pyrrole nitrogens is 2. The SMILES string of the molecule is CC(C)=CCN1CCC2(CCC(CNC(=O)NCc3n[nH]c(=O)[nH]3)O2)CC1. The fraction of sp³-hybridized carbons (Fsp3) is 0.722. The Morgan fingerprint density at radius 2 is 2.11 bits per heavy atom. The summed E-state index contributed by atoms with van der Waals surface area (Å²) in [6.45, 7) is 8.07. The van der Waals surface area contributed by atoms with Crippen LogP contribution >= 0.6 is 0 Å². The van der Waals surface area contributed by atoms with Crippen molar-refractivity contribution in [1.82, 2.24) is 30.7 Å². The van der Waals surface area contributed by atoms with Crippen LogP contribution in [0.15, 0.2) is 16.4 Å². The highest BCUT2D eigenvalue weighted by molar-refractivity contribution is 5.73. The summed E-state index contributed by atoms with van der Waals surface area (Å²) >= 11 is 0. The standard InChI is InChI=1S/C18H30N6O3/c1-13(2)4-8-24-9-6-18(7-10-24)5-3-14(27-18)11-19-16(25)20-12-15-21-17(26)23-22-15/h4,14H,3,5-12H2,1-2H3,(H2,19,20,25)(H2,21,22,23,26). The Balaban J connectivity index is 1.35. The number of nitrogens with one attached hydrogen (secondary N) is 4. The molecule has 9 heteroatoms. The van der Waals surface area contributed by atoms with Crippen LogP contribution in [0.5, 0.6) is 0 Å². The van der Waals surface area contributed by atoms with Crippen LogP contribution in [0, 0.1) is 0 Å². The normalized spacial score (nSPS) is 21.9. The Labute approximate surface area is 158 Å². The van der Waals surface area contributed by atoms with Crippen LogP contribution in [0.25, 0.3) is 0 Å². The van der Waals surface area contributed by atoms with Crippen LogP contribution in [0.2, 0.25) is 0 Å². The molecule has 0 saturated carbocycles. The van der Waals surface area contributed by atoms with Crippen LogP contribution in [-0.2, 0) is 11.3 Å². The predicted octanol–water partition coefficient (Wildman–Crippen LogP) is 0.877. The molecule has 2 amide bonds. The number of piperidine rings is 1. The zero-order chi connectivity index (χ0) is 19.3. The van der Waals surface area contributed by atoms with Gasteiger partial charge in [0.1, 0.15) is 5.82 Å². The van der Waals surface area contributed by atoms with Crippen molar-refractivity contribution in [3.63, 3.8) is 0 Å². The van der Waals surface area contributed by atoms with Gasteiger partial charge in [-0.1, -0.05) is 11.6 Å². The quantitative estimate of drug-likeness (QED) is 0.549. The summed E-state index contributed by atoms with van der Waals surface area (Å²) in [5.74, 6) is 0.395. The van der Waals surface area contributed by atoms with E-state index in [4.69, 9.17) is 4.74 Å². The maximum Gasteiger partial charge on any atom is 0.340 e. The third kappa shape index (κ3) is 5.67. The van der Waals surface area contributed by atoms with Crippen molar-refractivity contribution in [2.45, 2.75) is 57.8 Å². The average Bonchev–Trinajstić information content (AvgIpc) is 3.24. The second-order valence-corrected chi connectivity index (χ2v) is 7.73. The third-order valence-electron chi connectivity index (χ3n) is 5.32. The molecule has 1 spiro atoms. The molecule has 1 aromatic rings. The van der Waals surface area contributed by atoms with Crippen molar-refractivity contribution >= 4 is 6.03 Å². The first-order valence-corrected chi connectivity index (χ1v) is 9.63. The van der Waals surface area contributed by atoms with Crippen LogP contribution in [0.4, 0.5) is 4.79 Å². The van der Waals surface area contributed by atoms with E-state index < -0.39 is 0 Å². The monoisotopic (exact) mass is 378 g/mol. The molecule has 0 bridgehead atoms. The molecule has 27 heavy (non-hydrogen) atoms. The van der Waals surface area contributed by atoms with E-state index in [-0.39, 0.29) is 30.0 Å². The van der Waals surface area contributed by atoms with Crippen molar-refractivity contribution < 1.29 is 9.53 Å². The number of carbonyl (C=O) groups is 1. The molecule has 2 fully saturated rings. The van der Waals surface area contributed by atoms with Crippen molar-refractivity contribution in [3.05, 3.63) is 28.0 Å². The highest BCUT2D eigenvalue weighted by Gasteiger charge is 2.42. The number of carbonyl (C=O) groups excluding carboxylic acids is 1. The van der Waals surface area contributed by atoms with E-state index in [9.17, 15) is 9.59 Å². The summed E-state index contributed by atoms with van der Waals surface area (Å²) in [4.78, 5) is 27.8. The Hall–Kier alpha value is -2.13. The summed E-state index contributed by atoms with van der Waals surface area (Å²) in [7, 11) is 0. The number of nitrogens with zero attached hydrogens (tertiary/aromatic N) is 2. The van der Waals surface area contributed by atoms with E-state index in [1.807, 2.05) is 0 Å². The van der Waals surface area contributed by atoms with E-state index in [1.165, 1.54) is 5.57 Å². The topological polar surface area (TPSA) is 115 Å². The number of aromatic nitrogens is 3. The van der Waals surface area contributed by atoms with Crippen LogP contribution in [-0.4, -0.2) is 64.0 Å². The van der Waals surface area contributed by atoms with Crippen LogP contribution in [0.1, 0.15) is 45.4 Å². The summed E-state index contributed by atoms with van der Waals surface area (Å²) in [6.07, 6.45) is 6.48. The van der Waals surface area contributed by atoms with Gasteiger partial charge >= 0.3 is 11.7 Å². The molecule has 2 aliphatic rings. The number of rotatable bonds is 6. The maximum absolute atomic E-state index is 11.9. The van der Waals surface area contributed by atoms with Gasteiger partial charge in [0.2, 0.25) is 0 Å². The van der Waals surface area contributed by atoms with Crippen molar-refractivity contribution in [2.75, 3.05) is 26.2 Å². The van der Waals surface area contributed by atoms with Gasteiger partial charge in [-0.15, -0.1) is 0 Å². The minimum Gasteiger partial charge on any atom is -0.370 e. The molecule has 3 heterocycles. The number of ether oxygens (including phenoxy) is 1. The number of hydrogen-bond acceptors (Lipinski definition) is 5. The molecule has 1 aromatic heterocycles. The second kappa shape index (κ2) is 8.71. The fourth-order valence-corrected chi connectivity index (χ4v) is 3.68. The van der Waals surface area contributed by atoms with Crippen molar-refractivity contribution in [3.8, 4) is 0 Å². The largest absolute Gasteiger partial charge is 0.370 e. The maximum atomic E-state index is 11.9. The Kier molecular flexibility index (Phi) is 6.33. The van der Waals surface area contributed by atoms with Gasteiger partial charge in [0.15, 0.2) is 0 Å². The lowest BCUT2D eigenvalue weighted by atomic mass is 9.88. The van der Waals surface area contributed by atoms with Crippen LogP contribution < -0.4 is 16.3 Å². The summed E-state index contributed by atoms with van der Waals surface area (Å²) in [5, 5.41) is 11.5. The van der Waals surface area contributed by atoms with Crippen molar-refractivity contribution in [2.24, 2.45) is 0 Å². The van der Waals surface area contributed by atoms with Crippen LogP contribution in [0.3, 0.4) is 0 Å². The van der Waals surface area contributed by atoms with Gasteiger partial charge in [0, 0.05) is 26.2 Å². The summed E-state index contributed by atoms with van der Waals surface area (Å²) < 4.78 is 6.33. The molecule has 1 unspecified atom stereocenters. The fourth-order valence-electron chi connectivity index (χ4n) is 3.68. The molecular weight excluding hydrogens is 348 g/mol. The molecule has 3 rings (SSSR count). The predicted molar refractivity (Wildman–Crippen MR) is 101 cm³/mol. The van der Waals surface area contributed by atoms with Gasteiger partial charge in [-0.3, -0.25) is 9.88 Å². The molecule has 0 radical (unpaired) electrons. The molecule has 2 aliphatic heterocycles. The van der Waals surface area contributed by atoms with E-state index in [1.54, 1.807) is 0 Å². The first kappa shape index (κ1) is 19.6. The molecule has 150 valence electrons. The number of hydrogen-bond donors (Lipinski definition) is 4. The lowest BCUT2D eigenvalue weighted by Crippen LogP contribution is -2.45. The Morgan fingerprint density at radius 1 is 1.33 bits per heavy atom. The van der Waals surface area contributed by atoms with E-state index in [0.29, 0.717) is 12.4 Å². The number of aromatic amines is 2. The minimum atomic E-state index is -0.385. The lowest BCUT2D eigenvalue weighted by Gasteiger charge is -2.39. The zero-order valence-electron chi connectivity index (χ0n) is 16.1. The van der Waals surface area contributed by atoms with Gasteiger partial charge in [0.05, 0.1) is 18.2 Å². The molecule has 1 atom stereocenters. The Bertz CT molecular complexity index is 713. The van der Waals surface area contributed by atoms with Gasteiger partial charge in [0.25, 0.3) is 0 Å². The lowest BCUT2D eigenvalue weighted by molar-refractivity contribution is -0.0739. The zero-order valence-corrected chi connectivity index (χ0v) is 16.1. The first-order valence-electron chi connectivity index (χ1n) is 9.63. The Morgan fingerprint density at radius 3 is 2.78 bits per heavy atom. The number of amides is 2.